The van der Waals surface area contributed by atoms with E-state index in [9.17, 15) is 4.79 Å². The molecule has 4 nitrogen and oxygen atoms in total. The predicted octanol–water partition coefficient (Wildman–Crippen LogP) is 1.48. The van der Waals surface area contributed by atoms with Crippen LogP contribution in [0.4, 0.5) is 0 Å². The Morgan fingerprint density at radius 1 is 1.62 bits per heavy atom. The van der Waals surface area contributed by atoms with Crippen molar-refractivity contribution in [3.63, 3.8) is 0 Å². The Hall–Kier alpha value is -1.05. The molecule has 0 bridgehead atoms. The molecular formula is C12H18O4. The lowest BCUT2D eigenvalue weighted by molar-refractivity contribution is -0.183. The van der Waals surface area contributed by atoms with Crippen molar-refractivity contribution < 1.29 is 19.0 Å². The highest BCUT2D eigenvalue weighted by Gasteiger charge is 2.50. The number of carbonyl (C=O) groups is 1. The Kier molecular flexibility index (Phi) is 3.61. The van der Waals surface area contributed by atoms with E-state index in [0.29, 0.717) is 6.42 Å². The van der Waals surface area contributed by atoms with Crippen LogP contribution in [0.25, 0.3) is 0 Å². The average Bonchev–Trinajstić information content (AvgIpc) is 2.51. The van der Waals surface area contributed by atoms with Gasteiger partial charge in [0, 0.05) is 6.92 Å². The third-order valence-corrected chi connectivity index (χ3v) is 2.51. The van der Waals surface area contributed by atoms with E-state index in [4.69, 9.17) is 20.6 Å². The third kappa shape index (κ3) is 2.55. The predicted molar refractivity (Wildman–Crippen MR) is 58.5 cm³/mol. The molecule has 0 aromatic rings. The number of hydrogen-bond donors (Lipinski definition) is 0. The topological polar surface area (TPSA) is 44.8 Å². The van der Waals surface area contributed by atoms with E-state index in [0.717, 1.165) is 0 Å². The number of carbonyl (C=O) groups excluding carboxylic acids is 1. The van der Waals surface area contributed by atoms with E-state index in [1.54, 1.807) is 13.8 Å². The zero-order valence-corrected chi connectivity index (χ0v) is 10.2. The van der Waals surface area contributed by atoms with Gasteiger partial charge in [-0.3, -0.25) is 4.79 Å². The normalized spacial score (nSPS) is 29.4. The van der Waals surface area contributed by atoms with E-state index in [2.05, 4.69) is 5.92 Å². The lowest BCUT2D eigenvalue weighted by atomic mass is 9.96. The Morgan fingerprint density at radius 3 is 2.56 bits per heavy atom. The van der Waals surface area contributed by atoms with Crippen molar-refractivity contribution in [1.82, 2.24) is 0 Å². The molecule has 1 aliphatic heterocycles. The number of ether oxygens (including phenoxy) is 3. The van der Waals surface area contributed by atoms with Crippen LogP contribution in [0.3, 0.4) is 0 Å². The molecule has 0 radical (unpaired) electrons. The fraction of sp³-hybridized carbons (Fsp3) is 0.750. The highest BCUT2D eigenvalue weighted by atomic mass is 16.8. The molecule has 1 fully saturated rings. The first-order valence-electron chi connectivity index (χ1n) is 5.34. The van der Waals surface area contributed by atoms with E-state index >= 15 is 0 Å². The van der Waals surface area contributed by atoms with E-state index in [1.807, 2.05) is 6.92 Å². The monoisotopic (exact) mass is 226 g/mol. The summed E-state index contributed by atoms with van der Waals surface area (Å²) in [5.74, 6) is 1.46. The van der Waals surface area contributed by atoms with Crippen molar-refractivity contribution in [3.8, 4) is 12.3 Å². The molecule has 0 saturated carbocycles. The van der Waals surface area contributed by atoms with Crippen LogP contribution < -0.4 is 0 Å². The molecule has 0 spiro atoms. The molecule has 1 rings (SSSR count). The summed E-state index contributed by atoms with van der Waals surface area (Å²) in [7, 11) is 0. The Labute approximate surface area is 96.2 Å². The second-order valence-electron chi connectivity index (χ2n) is 4.33. The van der Waals surface area contributed by atoms with Crippen LogP contribution in [0.15, 0.2) is 0 Å². The first-order valence-corrected chi connectivity index (χ1v) is 5.34. The zero-order chi connectivity index (χ0) is 12.4. The van der Waals surface area contributed by atoms with Gasteiger partial charge < -0.3 is 14.2 Å². The summed E-state index contributed by atoms with van der Waals surface area (Å²) in [5, 5.41) is 0. The molecule has 90 valence electrons. The second kappa shape index (κ2) is 4.44. The molecule has 0 aromatic heterocycles. The van der Waals surface area contributed by atoms with E-state index in [-0.39, 0.29) is 12.6 Å². The standard InChI is InChI=1S/C12H18O4/c1-6-10(15-9(3)13)12(7-2)8-14-11(4,5)16-12/h2,10H,6,8H2,1,3-5H3/t10-,12-/m1/s1. The molecule has 16 heavy (non-hydrogen) atoms. The molecular weight excluding hydrogens is 208 g/mol. The van der Waals surface area contributed by atoms with Gasteiger partial charge in [-0.1, -0.05) is 12.8 Å². The van der Waals surface area contributed by atoms with Crippen molar-refractivity contribution >= 4 is 5.97 Å². The van der Waals surface area contributed by atoms with E-state index in [1.165, 1.54) is 6.92 Å². The molecule has 1 aliphatic rings. The molecule has 0 aromatic carbocycles. The third-order valence-electron chi connectivity index (χ3n) is 2.51. The first kappa shape index (κ1) is 13.0. The summed E-state index contributed by atoms with van der Waals surface area (Å²) < 4.78 is 16.3. The smallest absolute Gasteiger partial charge is 0.303 e. The van der Waals surface area contributed by atoms with Gasteiger partial charge in [-0.05, 0) is 20.3 Å². The van der Waals surface area contributed by atoms with Gasteiger partial charge in [0.25, 0.3) is 0 Å². The summed E-state index contributed by atoms with van der Waals surface area (Å²) in [6, 6.07) is 0. The van der Waals surface area contributed by atoms with Gasteiger partial charge in [0.15, 0.2) is 11.4 Å². The van der Waals surface area contributed by atoms with Gasteiger partial charge in [0.05, 0.1) is 6.61 Å². The van der Waals surface area contributed by atoms with Crippen LogP contribution in [-0.4, -0.2) is 30.1 Å². The summed E-state index contributed by atoms with van der Waals surface area (Å²) in [6.45, 7) is 7.05. The van der Waals surface area contributed by atoms with Gasteiger partial charge >= 0.3 is 5.97 Å². The zero-order valence-electron chi connectivity index (χ0n) is 10.2. The van der Waals surface area contributed by atoms with Crippen molar-refractivity contribution in [2.75, 3.05) is 6.61 Å². The van der Waals surface area contributed by atoms with Crippen LogP contribution in [-0.2, 0) is 19.0 Å². The van der Waals surface area contributed by atoms with Crippen molar-refractivity contribution in [1.29, 1.82) is 0 Å². The van der Waals surface area contributed by atoms with Gasteiger partial charge in [-0.2, -0.15) is 0 Å². The Balaban J connectivity index is 2.88. The number of rotatable bonds is 3. The maximum atomic E-state index is 11.0. The Morgan fingerprint density at radius 2 is 2.25 bits per heavy atom. The van der Waals surface area contributed by atoms with Gasteiger partial charge in [-0.25, -0.2) is 0 Å². The highest BCUT2D eigenvalue weighted by molar-refractivity contribution is 5.66. The minimum atomic E-state index is -0.968. The maximum Gasteiger partial charge on any atom is 0.303 e. The molecule has 1 saturated heterocycles. The minimum absolute atomic E-state index is 0.238. The number of hydrogen-bond acceptors (Lipinski definition) is 4. The van der Waals surface area contributed by atoms with Crippen molar-refractivity contribution in [3.05, 3.63) is 0 Å². The van der Waals surface area contributed by atoms with E-state index < -0.39 is 17.5 Å². The first-order chi connectivity index (χ1) is 7.35. The number of esters is 1. The minimum Gasteiger partial charge on any atom is -0.458 e. The summed E-state index contributed by atoms with van der Waals surface area (Å²) in [4.78, 5) is 11.0. The lowest BCUT2D eigenvalue weighted by Gasteiger charge is -2.31. The fourth-order valence-electron chi connectivity index (χ4n) is 1.81. The van der Waals surface area contributed by atoms with Gasteiger partial charge in [-0.15, -0.1) is 6.42 Å². The largest absolute Gasteiger partial charge is 0.458 e. The molecule has 0 amide bonds. The van der Waals surface area contributed by atoms with Crippen molar-refractivity contribution in [2.45, 2.75) is 51.6 Å². The summed E-state index contributed by atoms with van der Waals surface area (Å²) >= 11 is 0. The molecule has 0 aliphatic carbocycles. The summed E-state index contributed by atoms with van der Waals surface area (Å²) in [5.41, 5.74) is -0.968. The fourth-order valence-corrected chi connectivity index (χ4v) is 1.81. The van der Waals surface area contributed by atoms with Crippen LogP contribution in [0.5, 0.6) is 0 Å². The Bertz CT molecular complexity index is 315. The molecule has 4 heteroatoms. The quantitative estimate of drug-likeness (QED) is 0.540. The van der Waals surface area contributed by atoms with Crippen LogP contribution in [0.1, 0.15) is 34.1 Å². The molecule has 1 heterocycles. The van der Waals surface area contributed by atoms with Gasteiger partial charge in [0.1, 0.15) is 6.10 Å². The summed E-state index contributed by atoms with van der Waals surface area (Å²) in [6.07, 6.45) is 5.61. The average molecular weight is 226 g/mol. The van der Waals surface area contributed by atoms with Gasteiger partial charge in [0.2, 0.25) is 0 Å². The van der Waals surface area contributed by atoms with Crippen LogP contribution in [0.2, 0.25) is 0 Å². The molecule has 0 unspecified atom stereocenters. The second-order valence-corrected chi connectivity index (χ2v) is 4.33. The van der Waals surface area contributed by atoms with Crippen molar-refractivity contribution in [2.24, 2.45) is 0 Å². The van der Waals surface area contributed by atoms with Crippen LogP contribution >= 0.6 is 0 Å². The SMILES string of the molecule is C#C[C@]1([C@@H](CC)OC(C)=O)COC(C)(C)O1. The molecule has 2 atom stereocenters. The maximum absolute atomic E-state index is 11.0. The van der Waals surface area contributed by atoms with Crippen LogP contribution in [0, 0.1) is 12.3 Å². The lowest BCUT2D eigenvalue weighted by Crippen LogP contribution is -2.46. The highest BCUT2D eigenvalue weighted by Crippen LogP contribution is 2.35. The molecule has 0 N–H and O–H groups in total. The number of terminal acetylenes is 1.